The van der Waals surface area contributed by atoms with Gasteiger partial charge >= 0.3 is 0 Å². The summed E-state index contributed by atoms with van der Waals surface area (Å²) in [6.07, 6.45) is -3.24. The number of amides is 1. The average Bonchev–Trinajstić information content (AvgIpc) is 2.96. The molecule has 2 aliphatic rings. The third kappa shape index (κ3) is 5.76. The molecular formula is C31H34FNO6. The van der Waals surface area contributed by atoms with E-state index < -0.39 is 37.1 Å². The lowest BCUT2D eigenvalue weighted by molar-refractivity contribution is -0.228. The van der Waals surface area contributed by atoms with Gasteiger partial charge < -0.3 is 30.1 Å². The molecule has 0 radical (unpaired) electrons. The van der Waals surface area contributed by atoms with Gasteiger partial charge in [0.15, 0.2) is 0 Å². The Hall–Kier alpha value is -3.14. The topological polar surface area (TPSA) is 110 Å². The van der Waals surface area contributed by atoms with Gasteiger partial charge in [0.1, 0.15) is 30.2 Å². The Morgan fingerprint density at radius 1 is 0.795 bits per heavy atom. The molecule has 7 unspecified atom stereocenters. The fourth-order valence-corrected chi connectivity index (χ4v) is 5.70. The molecule has 2 aliphatic heterocycles. The smallest absolute Gasteiger partial charge is 0.233 e. The molecule has 5 rings (SSSR count). The highest BCUT2D eigenvalue weighted by molar-refractivity contribution is 6.03. The highest BCUT2D eigenvalue weighted by atomic mass is 19.1. The van der Waals surface area contributed by atoms with Crippen molar-refractivity contribution in [2.24, 2.45) is 5.92 Å². The number of halogens is 1. The number of hydrogen-bond acceptors (Lipinski definition) is 6. The molecule has 0 aromatic heterocycles. The van der Waals surface area contributed by atoms with Crippen LogP contribution in [0.5, 0.6) is 0 Å². The van der Waals surface area contributed by atoms with E-state index in [2.05, 4.69) is 0 Å². The van der Waals surface area contributed by atoms with E-state index in [1.807, 2.05) is 59.5 Å². The maximum atomic E-state index is 13.3. The number of carbonyl (C=O) groups excluding carboxylic acids is 1. The van der Waals surface area contributed by atoms with Gasteiger partial charge in [0.2, 0.25) is 5.91 Å². The van der Waals surface area contributed by atoms with Crippen molar-refractivity contribution in [2.45, 2.75) is 62.2 Å². The van der Waals surface area contributed by atoms with E-state index in [-0.39, 0.29) is 30.1 Å². The van der Waals surface area contributed by atoms with E-state index in [1.165, 1.54) is 12.1 Å². The maximum absolute atomic E-state index is 13.3. The van der Waals surface area contributed by atoms with E-state index in [0.717, 1.165) is 35.2 Å². The average molecular weight is 536 g/mol. The first-order valence-corrected chi connectivity index (χ1v) is 13.4. The van der Waals surface area contributed by atoms with Gasteiger partial charge in [0.05, 0.1) is 24.7 Å². The van der Waals surface area contributed by atoms with E-state index in [0.29, 0.717) is 6.42 Å². The molecule has 4 N–H and O–H groups in total. The number of ether oxygens (including phenoxy) is 1. The zero-order valence-corrected chi connectivity index (χ0v) is 21.5. The van der Waals surface area contributed by atoms with Crippen molar-refractivity contribution in [1.82, 2.24) is 0 Å². The summed E-state index contributed by atoms with van der Waals surface area (Å²) in [6, 6.07) is 23.7. The van der Waals surface area contributed by atoms with Gasteiger partial charge in [0, 0.05) is 12.1 Å². The van der Waals surface area contributed by atoms with Crippen LogP contribution in [0.15, 0.2) is 78.9 Å². The van der Waals surface area contributed by atoms with E-state index in [9.17, 15) is 29.6 Å². The summed E-state index contributed by atoms with van der Waals surface area (Å²) in [5, 5.41) is 40.0. The third-order valence-corrected chi connectivity index (χ3v) is 7.89. The zero-order chi connectivity index (χ0) is 27.5. The van der Waals surface area contributed by atoms with Gasteiger partial charge in [-0.15, -0.1) is 0 Å². The van der Waals surface area contributed by atoms with Crippen molar-refractivity contribution in [3.8, 4) is 0 Å². The van der Waals surface area contributed by atoms with Crippen molar-refractivity contribution in [2.75, 3.05) is 11.5 Å². The van der Waals surface area contributed by atoms with Gasteiger partial charge in [-0.2, -0.15) is 0 Å². The first-order valence-electron chi connectivity index (χ1n) is 13.4. The van der Waals surface area contributed by atoms with Crippen LogP contribution in [0.1, 0.15) is 35.6 Å². The second kappa shape index (κ2) is 11.9. The second-order valence-corrected chi connectivity index (χ2v) is 10.4. The predicted molar refractivity (Wildman–Crippen MR) is 143 cm³/mol. The fraction of sp³-hybridized carbons (Fsp3) is 0.387. The molecule has 1 amide bonds. The summed E-state index contributed by atoms with van der Waals surface area (Å²) in [6.45, 7) is -0.464. The summed E-state index contributed by atoms with van der Waals surface area (Å²) >= 11 is 0. The number of aliphatic hydroxyl groups is 4. The maximum Gasteiger partial charge on any atom is 0.233 e. The minimum atomic E-state index is -1.41. The van der Waals surface area contributed by atoms with Crippen molar-refractivity contribution in [1.29, 1.82) is 0 Å². The number of para-hydroxylation sites is 1. The van der Waals surface area contributed by atoms with Crippen LogP contribution in [0, 0.1) is 11.7 Å². The van der Waals surface area contributed by atoms with Crippen molar-refractivity contribution in [3.05, 3.63) is 101 Å². The van der Waals surface area contributed by atoms with Crippen LogP contribution in [0.4, 0.5) is 10.1 Å². The second-order valence-electron chi connectivity index (χ2n) is 10.4. The molecule has 2 fully saturated rings. The molecule has 0 aliphatic carbocycles. The quantitative estimate of drug-likeness (QED) is 0.314. The summed E-state index contributed by atoms with van der Waals surface area (Å²) in [4.78, 5) is 15.1. The lowest BCUT2D eigenvalue weighted by Gasteiger charge is -2.48. The number of anilines is 1. The molecule has 0 saturated carbocycles. The third-order valence-electron chi connectivity index (χ3n) is 7.89. The Balaban J connectivity index is 1.30. The van der Waals surface area contributed by atoms with Gasteiger partial charge in [-0.25, -0.2) is 4.39 Å². The van der Waals surface area contributed by atoms with E-state index in [1.54, 1.807) is 12.1 Å². The minimum absolute atomic E-state index is 0.0794. The predicted octanol–water partition coefficient (Wildman–Crippen LogP) is 2.94. The normalized spacial score (nSPS) is 28.8. The number of carbonyl (C=O) groups is 1. The van der Waals surface area contributed by atoms with Crippen LogP contribution in [0.3, 0.4) is 0 Å². The molecule has 7 atom stereocenters. The summed E-state index contributed by atoms with van der Waals surface area (Å²) in [5.41, 5.74) is 3.72. The summed E-state index contributed by atoms with van der Waals surface area (Å²) < 4.78 is 18.9. The number of aliphatic hydroxyl groups excluding tert-OH is 4. The Bertz CT molecular complexity index is 1240. The highest BCUT2D eigenvalue weighted by Crippen LogP contribution is 2.45. The van der Waals surface area contributed by atoms with Crippen LogP contribution in [-0.4, -0.2) is 63.5 Å². The lowest BCUT2D eigenvalue weighted by atomic mass is 9.78. The first-order chi connectivity index (χ1) is 18.9. The minimum Gasteiger partial charge on any atom is -0.394 e. The molecule has 206 valence electrons. The number of rotatable bonds is 9. The SMILES string of the molecule is O=C1C(CCCc2ccc(F)cc2)C(c2ccc(CC3OC(CO)C(O)C(O)C3O)cc2)N1c1ccccc1. The number of β-lactam (4-membered cyclic amide) rings is 1. The van der Waals surface area contributed by atoms with Crippen molar-refractivity contribution in [3.63, 3.8) is 0 Å². The van der Waals surface area contributed by atoms with Gasteiger partial charge in [0.25, 0.3) is 0 Å². The summed E-state index contributed by atoms with van der Waals surface area (Å²) in [7, 11) is 0. The van der Waals surface area contributed by atoms with E-state index in [4.69, 9.17) is 4.74 Å². The molecule has 7 nitrogen and oxygen atoms in total. The number of aryl methyl sites for hydroxylation is 1. The van der Waals surface area contributed by atoms with Crippen LogP contribution < -0.4 is 4.90 Å². The lowest BCUT2D eigenvalue weighted by Crippen LogP contribution is -2.59. The number of hydrogen-bond donors (Lipinski definition) is 4. The molecule has 2 heterocycles. The van der Waals surface area contributed by atoms with Gasteiger partial charge in [-0.05, 0) is 60.2 Å². The monoisotopic (exact) mass is 535 g/mol. The first kappa shape index (κ1) is 27.4. The van der Waals surface area contributed by atoms with Crippen LogP contribution in [-0.2, 0) is 22.4 Å². The number of nitrogens with zero attached hydrogens (tertiary/aromatic N) is 1. The molecule has 0 bridgehead atoms. The van der Waals surface area contributed by atoms with Crippen LogP contribution >= 0.6 is 0 Å². The van der Waals surface area contributed by atoms with Crippen molar-refractivity contribution >= 4 is 11.6 Å². The fourth-order valence-electron chi connectivity index (χ4n) is 5.70. The highest BCUT2D eigenvalue weighted by Gasteiger charge is 2.48. The molecule has 2 saturated heterocycles. The summed E-state index contributed by atoms with van der Waals surface area (Å²) in [5.74, 6) is -0.362. The molecule has 0 spiro atoms. The Morgan fingerprint density at radius 2 is 1.44 bits per heavy atom. The molecule has 3 aromatic carbocycles. The van der Waals surface area contributed by atoms with Crippen molar-refractivity contribution < 1.29 is 34.3 Å². The standard InChI is InChI=1S/C31H34FNO6/c32-22-15-11-19(12-16-22)5-4-8-24-27(33(31(24)38)23-6-2-1-3-7-23)21-13-9-20(10-14-21)17-25-28(35)30(37)29(36)26(18-34)39-25/h1-3,6-7,9-16,24-30,34-37H,4-5,8,17-18H2. The molecule has 8 heteroatoms. The molecule has 39 heavy (non-hydrogen) atoms. The zero-order valence-electron chi connectivity index (χ0n) is 21.5. The number of benzene rings is 3. The van der Waals surface area contributed by atoms with E-state index >= 15 is 0 Å². The Morgan fingerprint density at radius 3 is 2.10 bits per heavy atom. The van der Waals surface area contributed by atoms with Crippen LogP contribution in [0.2, 0.25) is 0 Å². The van der Waals surface area contributed by atoms with Gasteiger partial charge in [-0.3, -0.25) is 4.79 Å². The van der Waals surface area contributed by atoms with Gasteiger partial charge in [-0.1, -0.05) is 54.6 Å². The largest absolute Gasteiger partial charge is 0.394 e. The molecule has 3 aromatic rings. The van der Waals surface area contributed by atoms with Crippen LogP contribution in [0.25, 0.3) is 0 Å². The Labute approximate surface area is 227 Å². The Kier molecular flexibility index (Phi) is 8.40. The molecular weight excluding hydrogens is 501 g/mol.